The minimum atomic E-state index is 0.258. The van der Waals surface area contributed by atoms with Crippen molar-refractivity contribution in [3.63, 3.8) is 0 Å². The molecule has 2 aromatic rings. The van der Waals surface area contributed by atoms with E-state index in [0.29, 0.717) is 0 Å². The Kier molecular flexibility index (Phi) is 3.12. The van der Waals surface area contributed by atoms with Gasteiger partial charge in [0.2, 0.25) is 0 Å². The van der Waals surface area contributed by atoms with E-state index in [2.05, 4.69) is 44.9 Å². The van der Waals surface area contributed by atoms with Crippen molar-refractivity contribution in [2.24, 2.45) is 7.05 Å². The van der Waals surface area contributed by atoms with Crippen LogP contribution in [-0.2, 0) is 13.5 Å². The zero-order valence-electron chi connectivity index (χ0n) is 8.70. The van der Waals surface area contributed by atoms with Gasteiger partial charge in [0, 0.05) is 35.2 Å². The van der Waals surface area contributed by atoms with Crippen molar-refractivity contribution in [1.29, 1.82) is 0 Å². The molecule has 2 nitrogen and oxygen atoms in total. The molecule has 0 aliphatic rings. The minimum absolute atomic E-state index is 0.258. The lowest BCUT2D eigenvalue weighted by Crippen LogP contribution is -1.90. The summed E-state index contributed by atoms with van der Waals surface area (Å²) >= 11 is 3.55. The van der Waals surface area contributed by atoms with E-state index in [0.717, 1.165) is 17.3 Å². The van der Waals surface area contributed by atoms with E-state index in [9.17, 15) is 0 Å². The third-order valence-corrected chi connectivity index (χ3v) is 3.26. The summed E-state index contributed by atoms with van der Waals surface area (Å²) in [4.78, 5) is 0. The van der Waals surface area contributed by atoms with E-state index in [4.69, 9.17) is 5.11 Å². The average Bonchev–Trinajstić information content (AvgIpc) is 2.52. The van der Waals surface area contributed by atoms with Gasteiger partial charge >= 0.3 is 0 Å². The predicted molar refractivity (Wildman–Crippen MR) is 66.0 cm³/mol. The second kappa shape index (κ2) is 4.37. The molecule has 0 atom stereocenters. The Morgan fingerprint density at radius 2 is 2.20 bits per heavy atom. The number of aliphatic hydroxyl groups excluding tert-OH is 1. The van der Waals surface area contributed by atoms with Gasteiger partial charge in [-0.3, -0.25) is 0 Å². The third kappa shape index (κ3) is 2.08. The molecule has 80 valence electrons. The SMILES string of the molecule is Cn1cc(Br)c2cc(CCCO)ccc21. The minimum Gasteiger partial charge on any atom is -0.396 e. The van der Waals surface area contributed by atoms with Crippen molar-refractivity contribution >= 4 is 26.8 Å². The van der Waals surface area contributed by atoms with E-state index in [-0.39, 0.29) is 6.61 Å². The quantitative estimate of drug-likeness (QED) is 0.909. The van der Waals surface area contributed by atoms with Gasteiger partial charge in [-0.2, -0.15) is 0 Å². The number of fused-ring (bicyclic) bond motifs is 1. The van der Waals surface area contributed by atoms with Crippen LogP contribution < -0.4 is 0 Å². The summed E-state index contributed by atoms with van der Waals surface area (Å²) in [7, 11) is 2.04. The van der Waals surface area contributed by atoms with Crippen LogP contribution in [-0.4, -0.2) is 16.3 Å². The zero-order chi connectivity index (χ0) is 10.8. The van der Waals surface area contributed by atoms with Crippen molar-refractivity contribution in [1.82, 2.24) is 4.57 Å². The van der Waals surface area contributed by atoms with E-state index >= 15 is 0 Å². The van der Waals surface area contributed by atoms with E-state index in [1.807, 2.05) is 7.05 Å². The van der Waals surface area contributed by atoms with Crippen molar-refractivity contribution in [3.05, 3.63) is 34.4 Å². The summed E-state index contributed by atoms with van der Waals surface area (Å²) in [6.45, 7) is 0.258. The first-order valence-electron chi connectivity index (χ1n) is 5.06. The van der Waals surface area contributed by atoms with E-state index in [1.54, 1.807) is 0 Å². The first kappa shape index (κ1) is 10.7. The maximum absolute atomic E-state index is 8.79. The van der Waals surface area contributed by atoms with Gasteiger partial charge in [-0.15, -0.1) is 0 Å². The molecule has 0 saturated carbocycles. The molecule has 0 unspecified atom stereocenters. The van der Waals surface area contributed by atoms with Crippen LogP contribution in [0.25, 0.3) is 10.9 Å². The molecule has 0 radical (unpaired) electrons. The molecule has 2 rings (SSSR count). The molecule has 0 aliphatic heterocycles. The standard InChI is InChI=1S/C12H14BrNO/c1-14-8-11(13)10-7-9(3-2-6-15)4-5-12(10)14/h4-5,7-8,15H,2-3,6H2,1H3. The highest BCUT2D eigenvalue weighted by Crippen LogP contribution is 2.26. The van der Waals surface area contributed by atoms with Gasteiger partial charge in [0.05, 0.1) is 0 Å². The van der Waals surface area contributed by atoms with Gasteiger partial charge in [-0.25, -0.2) is 0 Å². The lowest BCUT2D eigenvalue weighted by Gasteiger charge is -2.01. The summed E-state index contributed by atoms with van der Waals surface area (Å²) in [6.07, 6.45) is 3.84. The predicted octanol–water partition coefficient (Wildman–Crippen LogP) is 2.87. The monoisotopic (exact) mass is 267 g/mol. The molecule has 0 saturated heterocycles. The number of hydrogen-bond donors (Lipinski definition) is 1. The number of rotatable bonds is 3. The molecule has 1 aromatic heterocycles. The molecule has 0 aliphatic carbocycles. The van der Waals surface area contributed by atoms with Gasteiger partial charge in [-0.1, -0.05) is 6.07 Å². The molecule has 3 heteroatoms. The lowest BCUT2D eigenvalue weighted by atomic mass is 10.1. The topological polar surface area (TPSA) is 25.2 Å². The Balaban J connectivity index is 2.41. The summed E-state index contributed by atoms with van der Waals surface area (Å²) < 4.78 is 3.24. The normalized spacial score (nSPS) is 11.1. The molecule has 1 N–H and O–H groups in total. The highest BCUT2D eigenvalue weighted by atomic mass is 79.9. The maximum Gasteiger partial charge on any atom is 0.0489 e. The Labute approximate surface area is 97.7 Å². The number of aromatic nitrogens is 1. The number of hydrogen-bond acceptors (Lipinski definition) is 1. The van der Waals surface area contributed by atoms with Gasteiger partial charge in [0.25, 0.3) is 0 Å². The van der Waals surface area contributed by atoms with Crippen molar-refractivity contribution in [3.8, 4) is 0 Å². The number of halogens is 1. The van der Waals surface area contributed by atoms with Crippen molar-refractivity contribution in [2.75, 3.05) is 6.61 Å². The summed E-state index contributed by atoms with van der Waals surface area (Å²) in [5, 5.41) is 10.0. The smallest absolute Gasteiger partial charge is 0.0489 e. The van der Waals surface area contributed by atoms with Crippen LogP contribution in [0, 0.1) is 0 Å². The highest BCUT2D eigenvalue weighted by Gasteiger charge is 2.04. The molecule has 0 spiro atoms. The second-order valence-corrected chi connectivity index (χ2v) is 4.62. The number of aryl methyl sites for hydroxylation is 2. The first-order valence-corrected chi connectivity index (χ1v) is 5.86. The highest BCUT2D eigenvalue weighted by molar-refractivity contribution is 9.10. The molecular weight excluding hydrogens is 254 g/mol. The molecular formula is C12H14BrNO. The zero-order valence-corrected chi connectivity index (χ0v) is 10.3. The van der Waals surface area contributed by atoms with Crippen LogP contribution in [0.15, 0.2) is 28.9 Å². The van der Waals surface area contributed by atoms with Gasteiger partial charge in [-0.05, 0) is 46.5 Å². The van der Waals surface area contributed by atoms with Crippen molar-refractivity contribution < 1.29 is 5.11 Å². The molecule has 1 heterocycles. The van der Waals surface area contributed by atoms with Crippen LogP contribution in [0.1, 0.15) is 12.0 Å². The molecule has 0 bridgehead atoms. The Morgan fingerprint density at radius 1 is 1.40 bits per heavy atom. The fourth-order valence-corrected chi connectivity index (χ4v) is 2.45. The van der Waals surface area contributed by atoms with E-state index in [1.165, 1.54) is 16.5 Å². The van der Waals surface area contributed by atoms with Crippen LogP contribution in [0.4, 0.5) is 0 Å². The molecule has 15 heavy (non-hydrogen) atoms. The van der Waals surface area contributed by atoms with Gasteiger partial charge < -0.3 is 9.67 Å². The molecule has 0 amide bonds. The third-order valence-electron chi connectivity index (χ3n) is 2.63. The van der Waals surface area contributed by atoms with Gasteiger partial charge in [0.15, 0.2) is 0 Å². The van der Waals surface area contributed by atoms with Crippen LogP contribution in [0.3, 0.4) is 0 Å². The molecule has 0 fully saturated rings. The Bertz CT molecular complexity index is 476. The maximum atomic E-state index is 8.79. The summed E-state index contributed by atoms with van der Waals surface area (Å²) in [5.41, 5.74) is 2.51. The van der Waals surface area contributed by atoms with Crippen LogP contribution >= 0.6 is 15.9 Å². The number of benzene rings is 1. The Morgan fingerprint density at radius 3 is 2.93 bits per heavy atom. The number of aliphatic hydroxyl groups is 1. The van der Waals surface area contributed by atoms with Crippen LogP contribution in [0.5, 0.6) is 0 Å². The number of nitrogens with zero attached hydrogens (tertiary/aromatic N) is 1. The largest absolute Gasteiger partial charge is 0.396 e. The summed E-state index contributed by atoms with van der Waals surface area (Å²) in [6, 6.07) is 6.45. The van der Waals surface area contributed by atoms with Crippen molar-refractivity contribution in [2.45, 2.75) is 12.8 Å². The summed E-state index contributed by atoms with van der Waals surface area (Å²) in [5.74, 6) is 0. The van der Waals surface area contributed by atoms with Crippen LogP contribution in [0.2, 0.25) is 0 Å². The average molecular weight is 268 g/mol. The second-order valence-electron chi connectivity index (χ2n) is 3.77. The fraction of sp³-hybridized carbons (Fsp3) is 0.333. The lowest BCUT2D eigenvalue weighted by molar-refractivity contribution is 0.288. The first-order chi connectivity index (χ1) is 7.22. The Hall–Kier alpha value is -0.800. The fourth-order valence-electron chi connectivity index (χ4n) is 1.83. The van der Waals surface area contributed by atoms with Gasteiger partial charge in [0.1, 0.15) is 0 Å². The molecule has 1 aromatic carbocycles. The van der Waals surface area contributed by atoms with E-state index < -0.39 is 0 Å².